The molecular weight excluding hydrogens is 254 g/mol. The Morgan fingerprint density at radius 3 is 2.42 bits per heavy atom. The molecule has 1 unspecified atom stereocenters. The summed E-state index contributed by atoms with van der Waals surface area (Å²) in [5, 5.41) is 1.28. The van der Waals surface area contributed by atoms with Crippen LogP contribution in [0.25, 0.3) is 10.9 Å². The molecule has 1 atom stereocenters. The second-order valence-electron chi connectivity index (χ2n) is 4.69. The average molecular weight is 270 g/mol. The van der Waals surface area contributed by atoms with Gasteiger partial charge in [0, 0.05) is 17.6 Å². The highest BCUT2D eigenvalue weighted by Gasteiger charge is 2.14. The predicted molar refractivity (Wildman–Crippen MR) is 81.9 cm³/mol. The van der Waals surface area contributed by atoms with Crippen molar-refractivity contribution in [3.05, 3.63) is 72.4 Å². The molecule has 2 aromatic carbocycles. The van der Waals surface area contributed by atoms with Crippen LogP contribution in [0.1, 0.15) is 18.0 Å². The number of alkyl halides is 1. The van der Waals surface area contributed by atoms with E-state index in [-0.39, 0.29) is 0 Å². The summed E-state index contributed by atoms with van der Waals surface area (Å²) in [5.74, 6) is 0.659. The number of fused-ring (bicyclic) bond motifs is 1. The summed E-state index contributed by atoms with van der Waals surface area (Å²) in [4.78, 5) is 0. The highest BCUT2D eigenvalue weighted by molar-refractivity contribution is 6.17. The van der Waals surface area contributed by atoms with Crippen LogP contribution < -0.4 is 0 Å². The Kier molecular flexibility index (Phi) is 3.56. The molecule has 1 aromatic heterocycles. The van der Waals surface area contributed by atoms with Crippen molar-refractivity contribution in [3.8, 4) is 0 Å². The molecule has 1 heterocycles. The van der Waals surface area contributed by atoms with Crippen molar-refractivity contribution in [3.63, 3.8) is 0 Å². The van der Waals surface area contributed by atoms with E-state index in [0.29, 0.717) is 11.9 Å². The first-order valence-electron chi connectivity index (χ1n) is 6.56. The van der Waals surface area contributed by atoms with E-state index < -0.39 is 0 Å². The first-order valence-corrected chi connectivity index (χ1v) is 7.10. The van der Waals surface area contributed by atoms with E-state index >= 15 is 0 Å². The molecule has 0 amide bonds. The number of benzene rings is 2. The fourth-order valence-corrected chi connectivity index (χ4v) is 2.83. The second-order valence-corrected chi connectivity index (χ2v) is 5.06. The lowest BCUT2D eigenvalue weighted by Crippen LogP contribution is -2.10. The van der Waals surface area contributed by atoms with Gasteiger partial charge in [-0.05, 0) is 29.5 Å². The maximum Gasteiger partial charge on any atom is 0.0597 e. The first kappa shape index (κ1) is 12.3. The monoisotopic (exact) mass is 269 g/mol. The number of halogens is 1. The van der Waals surface area contributed by atoms with Gasteiger partial charge in [-0.15, -0.1) is 11.6 Å². The van der Waals surface area contributed by atoms with Crippen LogP contribution in [-0.4, -0.2) is 10.4 Å². The normalized spacial score (nSPS) is 12.7. The molecule has 0 aliphatic heterocycles. The maximum absolute atomic E-state index is 6.00. The van der Waals surface area contributed by atoms with Crippen LogP contribution in [0, 0.1) is 0 Å². The number of aromatic nitrogens is 1. The third-order valence-corrected chi connectivity index (χ3v) is 3.75. The molecule has 0 saturated carbocycles. The fourth-order valence-electron chi connectivity index (χ4n) is 2.62. The van der Waals surface area contributed by atoms with Crippen LogP contribution >= 0.6 is 11.6 Å². The molecule has 0 aliphatic rings. The molecule has 2 heteroatoms. The van der Waals surface area contributed by atoms with Crippen LogP contribution in [0.4, 0.5) is 0 Å². The van der Waals surface area contributed by atoms with Crippen LogP contribution in [0.2, 0.25) is 0 Å². The standard InChI is InChI=1S/C17H16ClN/c18-12-10-17(14-6-2-1-3-7-14)19-13-11-15-8-4-5-9-16(15)19/h1-9,11,13,17H,10,12H2. The molecule has 0 bridgehead atoms. The number of nitrogens with zero attached hydrogens (tertiary/aromatic N) is 1. The van der Waals surface area contributed by atoms with Crippen molar-refractivity contribution in [1.29, 1.82) is 0 Å². The minimum absolute atomic E-state index is 0.304. The summed E-state index contributed by atoms with van der Waals surface area (Å²) < 4.78 is 2.33. The minimum Gasteiger partial charge on any atom is -0.340 e. The maximum atomic E-state index is 6.00. The summed E-state index contributed by atoms with van der Waals surface area (Å²) in [6, 6.07) is 21.5. The van der Waals surface area contributed by atoms with Gasteiger partial charge in [-0.1, -0.05) is 48.5 Å². The van der Waals surface area contributed by atoms with Crippen molar-refractivity contribution < 1.29 is 0 Å². The largest absolute Gasteiger partial charge is 0.340 e. The van der Waals surface area contributed by atoms with Gasteiger partial charge in [0.25, 0.3) is 0 Å². The van der Waals surface area contributed by atoms with Crippen LogP contribution in [0.15, 0.2) is 66.9 Å². The lowest BCUT2D eigenvalue weighted by molar-refractivity contribution is 0.588. The molecule has 96 valence electrons. The average Bonchev–Trinajstić information content (AvgIpc) is 2.89. The lowest BCUT2D eigenvalue weighted by atomic mass is 10.0. The summed E-state index contributed by atoms with van der Waals surface area (Å²) >= 11 is 6.00. The number of hydrogen-bond acceptors (Lipinski definition) is 0. The summed E-state index contributed by atoms with van der Waals surface area (Å²) in [7, 11) is 0. The Hall–Kier alpha value is -1.73. The van der Waals surface area contributed by atoms with Gasteiger partial charge in [-0.2, -0.15) is 0 Å². The summed E-state index contributed by atoms with van der Waals surface area (Å²) in [5.41, 5.74) is 2.57. The third-order valence-electron chi connectivity index (χ3n) is 3.53. The molecular formula is C17H16ClN. The number of rotatable bonds is 4. The van der Waals surface area contributed by atoms with E-state index in [1.54, 1.807) is 0 Å². The lowest BCUT2D eigenvalue weighted by Gasteiger charge is -2.20. The van der Waals surface area contributed by atoms with Crippen LogP contribution in [-0.2, 0) is 0 Å². The van der Waals surface area contributed by atoms with Gasteiger partial charge < -0.3 is 4.57 Å². The molecule has 19 heavy (non-hydrogen) atoms. The summed E-state index contributed by atoms with van der Waals surface area (Å²) in [6.07, 6.45) is 3.10. The second kappa shape index (κ2) is 5.50. The van der Waals surface area contributed by atoms with Crippen molar-refractivity contribution in [1.82, 2.24) is 4.57 Å². The van der Waals surface area contributed by atoms with Gasteiger partial charge in [0.1, 0.15) is 0 Å². The summed E-state index contributed by atoms with van der Waals surface area (Å²) in [6.45, 7) is 0. The minimum atomic E-state index is 0.304. The molecule has 0 radical (unpaired) electrons. The van der Waals surface area contributed by atoms with E-state index in [1.165, 1.54) is 16.5 Å². The van der Waals surface area contributed by atoms with Gasteiger partial charge in [0.2, 0.25) is 0 Å². The van der Waals surface area contributed by atoms with Crippen LogP contribution in [0.5, 0.6) is 0 Å². The van der Waals surface area contributed by atoms with Gasteiger partial charge in [-0.25, -0.2) is 0 Å². The zero-order valence-electron chi connectivity index (χ0n) is 10.7. The zero-order chi connectivity index (χ0) is 13.1. The van der Waals surface area contributed by atoms with E-state index in [9.17, 15) is 0 Å². The number of hydrogen-bond donors (Lipinski definition) is 0. The Labute approximate surface area is 118 Å². The SMILES string of the molecule is ClCCC(c1ccccc1)n1ccc2ccccc21. The zero-order valence-corrected chi connectivity index (χ0v) is 11.4. The molecule has 3 rings (SSSR count). The van der Waals surface area contributed by atoms with E-state index in [4.69, 9.17) is 11.6 Å². The third kappa shape index (κ3) is 2.39. The van der Waals surface area contributed by atoms with Crippen molar-refractivity contribution in [2.24, 2.45) is 0 Å². The first-order chi connectivity index (χ1) is 9.40. The Bertz CT molecular complexity index is 657. The van der Waals surface area contributed by atoms with Gasteiger partial charge in [0.05, 0.1) is 6.04 Å². The van der Waals surface area contributed by atoms with Crippen molar-refractivity contribution in [2.75, 3.05) is 5.88 Å². The fraction of sp³-hybridized carbons (Fsp3) is 0.176. The quantitative estimate of drug-likeness (QED) is 0.596. The predicted octanol–water partition coefficient (Wildman–Crippen LogP) is 4.86. The van der Waals surface area contributed by atoms with Crippen LogP contribution in [0.3, 0.4) is 0 Å². The molecule has 0 fully saturated rings. The highest BCUT2D eigenvalue weighted by atomic mass is 35.5. The van der Waals surface area contributed by atoms with Crippen molar-refractivity contribution in [2.45, 2.75) is 12.5 Å². The van der Waals surface area contributed by atoms with Crippen molar-refractivity contribution >= 4 is 22.5 Å². The van der Waals surface area contributed by atoms with E-state index in [1.807, 2.05) is 0 Å². The molecule has 1 nitrogen and oxygen atoms in total. The Balaban J connectivity index is 2.10. The molecule has 0 aliphatic carbocycles. The molecule has 0 N–H and O–H groups in total. The number of para-hydroxylation sites is 1. The topological polar surface area (TPSA) is 4.93 Å². The Morgan fingerprint density at radius 2 is 1.63 bits per heavy atom. The van der Waals surface area contributed by atoms with Gasteiger partial charge >= 0.3 is 0 Å². The van der Waals surface area contributed by atoms with Gasteiger partial charge in [-0.3, -0.25) is 0 Å². The van der Waals surface area contributed by atoms with E-state index in [2.05, 4.69) is 71.4 Å². The Morgan fingerprint density at radius 1 is 0.895 bits per heavy atom. The molecule has 0 spiro atoms. The molecule has 0 saturated heterocycles. The van der Waals surface area contributed by atoms with Gasteiger partial charge in [0.15, 0.2) is 0 Å². The smallest absolute Gasteiger partial charge is 0.0597 e. The highest BCUT2D eigenvalue weighted by Crippen LogP contribution is 2.27. The van der Waals surface area contributed by atoms with E-state index in [0.717, 1.165) is 6.42 Å². The molecule has 3 aromatic rings.